The second-order valence-corrected chi connectivity index (χ2v) is 4.07. The summed E-state index contributed by atoms with van der Waals surface area (Å²) in [4.78, 5) is 4.46. The molecule has 84 valence electrons. The number of hydrogen-bond donors (Lipinski definition) is 1. The fourth-order valence-electron chi connectivity index (χ4n) is 1.80. The van der Waals surface area contributed by atoms with Crippen LogP contribution >= 0.6 is 0 Å². The lowest BCUT2D eigenvalue weighted by Gasteiger charge is -1.95. The van der Waals surface area contributed by atoms with E-state index in [0.29, 0.717) is 5.69 Å². The van der Waals surface area contributed by atoms with Gasteiger partial charge in [-0.15, -0.1) is 5.10 Å². The molecule has 0 unspecified atom stereocenters. The molecule has 0 saturated heterocycles. The number of nitrogen functional groups attached to an aromatic ring is 1. The number of aromatic nitrogens is 3. The fourth-order valence-corrected chi connectivity index (χ4v) is 1.80. The van der Waals surface area contributed by atoms with Crippen LogP contribution in [0.3, 0.4) is 0 Å². The molecule has 0 aliphatic rings. The van der Waals surface area contributed by atoms with Crippen molar-refractivity contribution in [1.82, 2.24) is 14.6 Å². The van der Waals surface area contributed by atoms with Gasteiger partial charge in [-0.1, -0.05) is 23.8 Å². The highest BCUT2D eigenvalue weighted by Crippen LogP contribution is 2.18. The summed E-state index contributed by atoms with van der Waals surface area (Å²) in [6.45, 7) is 2.05. The maximum Gasteiger partial charge on any atom is 0.182 e. The average molecular weight is 224 g/mol. The molecule has 2 heterocycles. The second-order valence-electron chi connectivity index (χ2n) is 4.07. The third-order valence-corrected chi connectivity index (χ3v) is 2.64. The number of benzene rings is 1. The number of nitrogens with zero attached hydrogens (tertiary/aromatic N) is 3. The lowest BCUT2D eigenvalue weighted by atomic mass is 10.1. The minimum absolute atomic E-state index is 0.695. The average Bonchev–Trinajstić information content (AvgIpc) is 2.72. The van der Waals surface area contributed by atoms with E-state index in [9.17, 15) is 0 Å². The van der Waals surface area contributed by atoms with E-state index in [4.69, 9.17) is 5.73 Å². The molecule has 0 fully saturated rings. The number of rotatable bonds is 1. The van der Waals surface area contributed by atoms with Crippen LogP contribution < -0.4 is 5.73 Å². The van der Waals surface area contributed by atoms with Crippen molar-refractivity contribution in [2.75, 3.05) is 5.73 Å². The van der Waals surface area contributed by atoms with Crippen LogP contribution in [-0.4, -0.2) is 14.6 Å². The number of hydrogen-bond acceptors (Lipinski definition) is 3. The van der Waals surface area contributed by atoms with Crippen LogP contribution in [0.4, 0.5) is 5.69 Å². The molecule has 4 heteroatoms. The summed E-state index contributed by atoms with van der Waals surface area (Å²) >= 11 is 0. The van der Waals surface area contributed by atoms with E-state index in [2.05, 4.69) is 29.1 Å². The number of pyridine rings is 1. The van der Waals surface area contributed by atoms with Crippen LogP contribution in [0, 0.1) is 6.92 Å². The van der Waals surface area contributed by atoms with E-state index in [-0.39, 0.29) is 0 Å². The van der Waals surface area contributed by atoms with Crippen LogP contribution in [0.1, 0.15) is 5.56 Å². The largest absolute Gasteiger partial charge is 0.399 e. The lowest BCUT2D eigenvalue weighted by molar-refractivity contribution is 0.966. The maximum atomic E-state index is 5.71. The van der Waals surface area contributed by atoms with Gasteiger partial charge in [-0.05, 0) is 19.1 Å². The Labute approximate surface area is 98.7 Å². The van der Waals surface area contributed by atoms with Gasteiger partial charge in [-0.25, -0.2) is 9.50 Å². The highest BCUT2D eigenvalue weighted by atomic mass is 15.3. The van der Waals surface area contributed by atoms with Crippen LogP contribution in [0.2, 0.25) is 0 Å². The molecule has 17 heavy (non-hydrogen) atoms. The summed E-state index contributed by atoms with van der Waals surface area (Å²) in [5, 5.41) is 4.42. The van der Waals surface area contributed by atoms with Crippen molar-refractivity contribution in [1.29, 1.82) is 0 Å². The highest BCUT2D eigenvalue weighted by molar-refractivity contribution is 5.60. The first kappa shape index (κ1) is 9.84. The first-order valence-electron chi connectivity index (χ1n) is 5.41. The molecule has 0 bridgehead atoms. The minimum atomic E-state index is 0.695. The van der Waals surface area contributed by atoms with Crippen LogP contribution in [0.25, 0.3) is 17.0 Å². The number of nitrogens with two attached hydrogens (primary N) is 1. The Balaban J connectivity index is 2.18. The second kappa shape index (κ2) is 3.59. The van der Waals surface area contributed by atoms with Gasteiger partial charge in [-0.3, -0.25) is 0 Å². The van der Waals surface area contributed by atoms with Crippen LogP contribution in [0.5, 0.6) is 0 Å². The molecule has 0 radical (unpaired) electrons. The Morgan fingerprint density at radius 3 is 2.88 bits per heavy atom. The predicted molar refractivity (Wildman–Crippen MR) is 67.6 cm³/mol. The molecule has 3 aromatic rings. The molecule has 4 nitrogen and oxygen atoms in total. The molecular formula is C13H12N4. The SMILES string of the molecule is Cc1cccc(-c2nc3cc(N)ccn3n2)c1. The molecule has 3 rings (SSSR count). The molecule has 0 atom stereocenters. The van der Waals surface area contributed by atoms with E-state index < -0.39 is 0 Å². The van der Waals surface area contributed by atoms with Crippen LogP contribution in [0.15, 0.2) is 42.6 Å². The van der Waals surface area contributed by atoms with Crippen LogP contribution in [-0.2, 0) is 0 Å². The molecule has 0 spiro atoms. The molecule has 0 amide bonds. The lowest BCUT2D eigenvalue weighted by Crippen LogP contribution is -1.89. The molecular weight excluding hydrogens is 212 g/mol. The fraction of sp³-hybridized carbons (Fsp3) is 0.0769. The Hall–Kier alpha value is -2.36. The Morgan fingerprint density at radius 2 is 2.06 bits per heavy atom. The summed E-state index contributed by atoms with van der Waals surface area (Å²) < 4.78 is 1.73. The number of anilines is 1. The van der Waals surface area contributed by atoms with Gasteiger partial charge in [0.1, 0.15) is 0 Å². The van der Waals surface area contributed by atoms with E-state index in [1.54, 1.807) is 4.52 Å². The van der Waals surface area contributed by atoms with Gasteiger partial charge in [-0.2, -0.15) is 0 Å². The molecule has 0 aliphatic carbocycles. The van der Waals surface area contributed by atoms with Crippen molar-refractivity contribution in [2.45, 2.75) is 6.92 Å². The van der Waals surface area contributed by atoms with Crippen molar-refractivity contribution in [2.24, 2.45) is 0 Å². The zero-order valence-corrected chi connectivity index (χ0v) is 9.46. The van der Waals surface area contributed by atoms with Crippen molar-refractivity contribution >= 4 is 11.3 Å². The molecule has 2 N–H and O–H groups in total. The monoisotopic (exact) mass is 224 g/mol. The number of fused-ring (bicyclic) bond motifs is 1. The number of aryl methyl sites for hydroxylation is 1. The summed E-state index contributed by atoms with van der Waals surface area (Å²) in [7, 11) is 0. The minimum Gasteiger partial charge on any atom is -0.399 e. The maximum absolute atomic E-state index is 5.71. The predicted octanol–water partition coefficient (Wildman–Crippen LogP) is 2.29. The van der Waals surface area contributed by atoms with Gasteiger partial charge in [0.05, 0.1) is 0 Å². The first-order valence-corrected chi connectivity index (χ1v) is 5.41. The first-order chi connectivity index (χ1) is 8.22. The molecule has 0 saturated carbocycles. The molecule has 2 aromatic heterocycles. The van der Waals surface area contributed by atoms with Gasteiger partial charge < -0.3 is 5.73 Å². The van der Waals surface area contributed by atoms with Gasteiger partial charge in [0, 0.05) is 23.5 Å². The third-order valence-electron chi connectivity index (χ3n) is 2.64. The summed E-state index contributed by atoms with van der Waals surface area (Å²) in [6.07, 6.45) is 1.82. The quantitative estimate of drug-likeness (QED) is 0.690. The summed E-state index contributed by atoms with van der Waals surface area (Å²) in [5.74, 6) is 0.722. The van der Waals surface area contributed by atoms with Crippen molar-refractivity contribution < 1.29 is 0 Å². The Bertz CT molecular complexity index is 685. The van der Waals surface area contributed by atoms with Crippen molar-refractivity contribution in [3.8, 4) is 11.4 Å². The zero-order valence-electron chi connectivity index (χ0n) is 9.46. The van der Waals surface area contributed by atoms with Crippen molar-refractivity contribution in [3.05, 3.63) is 48.2 Å². The normalized spacial score (nSPS) is 10.9. The van der Waals surface area contributed by atoms with Crippen molar-refractivity contribution in [3.63, 3.8) is 0 Å². The van der Waals surface area contributed by atoms with E-state index >= 15 is 0 Å². The molecule has 0 aliphatic heterocycles. The van der Waals surface area contributed by atoms with Gasteiger partial charge in [0.15, 0.2) is 11.5 Å². The van der Waals surface area contributed by atoms with E-state index in [1.807, 2.05) is 30.5 Å². The Morgan fingerprint density at radius 1 is 1.18 bits per heavy atom. The smallest absolute Gasteiger partial charge is 0.182 e. The molecule has 1 aromatic carbocycles. The van der Waals surface area contributed by atoms with Gasteiger partial charge in [0.25, 0.3) is 0 Å². The zero-order chi connectivity index (χ0) is 11.8. The Kier molecular flexibility index (Phi) is 2.08. The van der Waals surface area contributed by atoms with Gasteiger partial charge in [0.2, 0.25) is 0 Å². The van der Waals surface area contributed by atoms with E-state index in [0.717, 1.165) is 17.0 Å². The summed E-state index contributed by atoms with van der Waals surface area (Å²) in [5.41, 5.74) is 9.39. The van der Waals surface area contributed by atoms with Gasteiger partial charge >= 0.3 is 0 Å². The summed E-state index contributed by atoms with van der Waals surface area (Å²) in [6, 6.07) is 11.7. The van der Waals surface area contributed by atoms with E-state index in [1.165, 1.54) is 5.56 Å². The standard InChI is InChI=1S/C13H12N4/c1-9-3-2-4-10(7-9)13-15-12-8-11(14)5-6-17(12)16-13/h2-8H,14H2,1H3. The topological polar surface area (TPSA) is 56.2 Å². The third kappa shape index (κ3) is 1.73. The highest BCUT2D eigenvalue weighted by Gasteiger charge is 2.06.